The Labute approximate surface area is 146 Å². The highest BCUT2D eigenvalue weighted by molar-refractivity contribution is 5.96. The van der Waals surface area contributed by atoms with Gasteiger partial charge in [0.2, 0.25) is 5.91 Å². The number of hydrogen-bond acceptors (Lipinski definition) is 4. The number of benzene rings is 1. The van der Waals surface area contributed by atoms with Crippen molar-refractivity contribution in [2.45, 2.75) is 26.4 Å². The highest BCUT2D eigenvalue weighted by Crippen LogP contribution is 2.34. The third-order valence-electron chi connectivity index (χ3n) is 3.73. The van der Waals surface area contributed by atoms with Crippen molar-refractivity contribution in [3.8, 4) is 11.4 Å². The molecule has 0 saturated heterocycles. The maximum atomic E-state index is 13.1. The van der Waals surface area contributed by atoms with Gasteiger partial charge in [-0.25, -0.2) is 4.68 Å². The lowest BCUT2D eigenvalue weighted by atomic mass is 10.1. The number of carbonyl (C=O) groups excluding carboxylic acids is 2. The minimum absolute atomic E-state index is 0.347. The van der Waals surface area contributed by atoms with Crippen LogP contribution in [-0.2, 0) is 11.0 Å². The van der Waals surface area contributed by atoms with Crippen molar-refractivity contribution in [2.24, 2.45) is 5.92 Å². The van der Waals surface area contributed by atoms with Crippen molar-refractivity contribution in [1.29, 1.82) is 0 Å². The molecule has 10 heteroatoms. The highest BCUT2D eigenvalue weighted by Gasteiger charge is 2.34. The fraction of sp³-hybridized carbons (Fsp3) is 0.312. The smallest absolute Gasteiger partial charge is 0.418 e. The summed E-state index contributed by atoms with van der Waals surface area (Å²) in [4.78, 5) is 23.7. The number of aromatic nitrogens is 2. The molecule has 1 unspecified atom stereocenters. The lowest BCUT2D eigenvalue weighted by molar-refractivity contribution is -0.137. The van der Waals surface area contributed by atoms with Crippen molar-refractivity contribution < 1.29 is 27.9 Å². The van der Waals surface area contributed by atoms with E-state index < -0.39 is 35.0 Å². The summed E-state index contributed by atoms with van der Waals surface area (Å²) in [6.07, 6.45) is -3.20. The number of halogens is 3. The summed E-state index contributed by atoms with van der Waals surface area (Å²) < 4.78 is 40.0. The number of rotatable bonds is 4. The molecular formula is C16H17F3N4O3. The summed E-state index contributed by atoms with van der Waals surface area (Å²) in [6, 6.07) is 4.60. The van der Waals surface area contributed by atoms with Crippen LogP contribution in [0.4, 0.5) is 13.2 Å². The van der Waals surface area contributed by atoms with Crippen molar-refractivity contribution in [2.75, 3.05) is 0 Å². The van der Waals surface area contributed by atoms with Crippen LogP contribution in [0, 0.1) is 5.92 Å². The molecule has 0 aliphatic heterocycles. The molecule has 2 aromatic rings. The van der Waals surface area contributed by atoms with E-state index in [0.717, 1.165) is 23.0 Å². The Bertz CT molecular complexity index is 817. The predicted octanol–water partition coefficient (Wildman–Crippen LogP) is 2.40. The normalized spacial score (nSPS) is 12.5. The van der Waals surface area contributed by atoms with E-state index in [1.54, 1.807) is 13.8 Å². The van der Waals surface area contributed by atoms with E-state index in [1.165, 1.54) is 12.1 Å². The molecule has 0 aliphatic rings. The zero-order chi connectivity index (χ0) is 19.5. The summed E-state index contributed by atoms with van der Waals surface area (Å²) in [7, 11) is 0. The SMILES string of the molecule is CCC(C)C(=O)NNC(=O)c1nn(-c2ccccc2C(F)(F)F)cc1O. The van der Waals surface area contributed by atoms with Gasteiger partial charge in [-0.2, -0.15) is 18.3 Å². The maximum Gasteiger partial charge on any atom is 0.418 e. The number of nitrogens with zero attached hydrogens (tertiary/aromatic N) is 2. The molecule has 2 amide bonds. The molecule has 0 spiro atoms. The number of hydrazine groups is 1. The topological polar surface area (TPSA) is 96.3 Å². The molecule has 0 radical (unpaired) electrons. The summed E-state index contributed by atoms with van der Waals surface area (Å²) in [5.41, 5.74) is 2.39. The number of amides is 2. The van der Waals surface area contributed by atoms with Gasteiger partial charge in [0.25, 0.3) is 5.91 Å². The van der Waals surface area contributed by atoms with E-state index in [2.05, 4.69) is 16.0 Å². The van der Waals surface area contributed by atoms with E-state index in [0.29, 0.717) is 6.42 Å². The average Bonchev–Trinajstić information content (AvgIpc) is 2.99. The first kappa shape index (κ1) is 19.3. The maximum absolute atomic E-state index is 13.1. The number of para-hydroxylation sites is 1. The Morgan fingerprint density at radius 3 is 2.54 bits per heavy atom. The Kier molecular flexibility index (Phi) is 5.53. The van der Waals surface area contributed by atoms with Gasteiger partial charge in [-0.1, -0.05) is 26.0 Å². The molecule has 1 heterocycles. The van der Waals surface area contributed by atoms with Crippen molar-refractivity contribution in [3.63, 3.8) is 0 Å². The van der Waals surface area contributed by atoms with Gasteiger partial charge >= 0.3 is 6.18 Å². The van der Waals surface area contributed by atoms with Gasteiger partial charge < -0.3 is 5.11 Å². The lowest BCUT2D eigenvalue weighted by Crippen LogP contribution is -2.44. The highest BCUT2D eigenvalue weighted by atomic mass is 19.4. The monoisotopic (exact) mass is 370 g/mol. The molecular weight excluding hydrogens is 353 g/mol. The molecule has 0 saturated carbocycles. The molecule has 3 N–H and O–H groups in total. The molecule has 1 aromatic carbocycles. The Morgan fingerprint density at radius 1 is 1.27 bits per heavy atom. The first-order chi connectivity index (χ1) is 12.1. The Hall–Kier alpha value is -3.04. The second-order valence-corrected chi connectivity index (χ2v) is 5.58. The van der Waals surface area contributed by atoms with Gasteiger partial charge in [0.05, 0.1) is 17.4 Å². The van der Waals surface area contributed by atoms with E-state index in [1.807, 2.05) is 0 Å². The molecule has 26 heavy (non-hydrogen) atoms. The van der Waals surface area contributed by atoms with Gasteiger partial charge in [-0.05, 0) is 18.6 Å². The first-order valence-electron chi connectivity index (χ1n) is 7.70. The van der Waals surface area contributed by atoms with Crippen LogP contribution in [-0.4, -0.2) is 26.7 Å². The van der Waals surface area contributed by atoms with E-state index in [-0.39, 0.29) is 11.6 Å². The number of nitrogens with one attached hydrogen (secondary N) is 2. The largest absolute Gasteiger partial charge is 0.504 e. The number of aromatic hydroxyl groups is 1. The fourth-order valence-electron chi connectivity index (χ4n) is 2.05. The second-order valence-electron chi connectivity index (χ2n) is 5.58. The minimum atomic E-state index is -4.63. The van der Waals surface area contributed by atoms with Gasteiger partial charge in [0, 0.05) is 5.92 Å². The summed E-state index contributed by atoms with van der Waals surface area (Å²) in [5, 5.41) is 13.5. The van der Waals surface area contributed by atoms with E-state index in [4.69, 9.17) is 0 Å². The fourth-order valence-corrected chi connectivity index (χ4v) is 2.05. The lowest BCUT2D eigenvalue weighted by Gasteiger charge is -2.12. The molecule has 140 valence electrons. The van der Waals surface area contributed by atoms with Crippen LogP contribution >= 0.6 is 0 Å². The van der Waals surface area contributed by atoms with Crippen LogP contribution in [0.3, 0.4) is 0 Å². The first-order valence-corrected chi connectivity index (χ1v) is 7.70. The molecule has 0 fully saturated rings. The third-order valence-corrected chi connectivity index (χ3v) is 3.73. The zero-order valence-electron chi connectivity index (χ0n) is 14.0. The Balaban J connectivity index is 2.25. The van der Waals surface area contributed by atoms with Crippen LogP contribution in [0.15, 0.2) is 30.5 Å². The average molecular weight is 370 g/mol. The van der Waals surface area contributed by atoms with Crippen LogP contribution in [0.1, 0.15) is 36.3 Å². The van der Waals surface area contributed by atoms with Crippen LogP contribution in [0.25, 0.3) is 5.69 Å². The van der Waals surface area contributed by atoms with Crippen LogP contribution in [0.2, 0.25) is 0 Å². The molecule has 1 aromatic heterocycles. The predicted molar refractivity (Wildman–Crippen MR) is 85.3 cm³/mol. The van der Waals surface area contributed by atoms with Gasteiger partial charge in [-0.15, -0.1) is 0 Å². The zero-order valence-corrected chi connectivity index (χ0v) is 14.0. The number of hydrogen-bond donors (Lipinski definition) is 3. The summed E-state index contributed by atoms with van der Waals surface area (Å²) in [6.45, 7) is 3.44. The van der Waals surface area contributed by atoms with Crippen molar-refractivity contribution >= 4 is 11.8 Å². The standard InChI is InChI=1S/C16H17F3N4O3/c1-3-9(2)14(25)20-21-15(26)13-12(24)8-23(22-13)11-7-5-4-6-10(11)16(17,18)19/h4-9,24H,3H2,1-2H3,(H,20,25)(H,21,26). The Morgan fingerprint density at radius 2 is 1.92 bits per heavy atom. The van der Waals surface area contributed by atoms with Gasteiger partial charge in [0.15, 0.2) is 11.4 Å². The summed E-state index contributed by atoms with van der Waals surface area (Å²) in [5.74, 6) is -2.37. The number of alkyl halides is 3. The quantitative estimate of drug-likeness (QED) is 0.720. The minimum Gasteiger partial charge on any atom is -0.504 e. The molecule has 1 atom stereocenters. The molecule has 2 rings (SSSR count). The molecule has 0 aliphatic carbocycles. The molecule has 0 bridgehead atoms. The molecule has 7 nitrogen and oxygen atoms in total. The van der Waals surface area contributed by atoms with Crippen LogP contribution < -0.4 is 10.9 Å². The van der Waals surface area contributed by atoms with Crippen molar-refractivity contribution in [3.05, 3.63) is 41.7 Å². The van der Waals surface area contributed by atoms with Crippen LogP contribution in [0.5, 0.6) is 5.75 Å². The van der Waals surface area contributed by atoms with E-state index >= 15 is 0 Å². The van der Waals surface area contributed by atoms with Gasteiger partial charge in [-0.3, -0.25) is 20.4 Å². The third kappa shape index (κ3) is 4.13. The van der Waals surface area contributed by atoms with Crippen molar-refractivity contribution in [1.82, 2.24) is 20.6 Å². The number of carbonyl (C=O) groups is 2. The van der Waals surface area contributed by atoms with E-state index in [9.17, 15) is 27.9 Å². The second kappa shape index (κ2) is 7.46. The summed E-state index contributed by atoms with van der Waals surface area (Å²) >= 11 is 0. The van der Waals surface area contributed by atoms with Gasteiger partial charge in [0.1, 0.15) is 0 Å².